The van der Waals surface area contributed by atoms with E-state index in [0.717, 1.165) is 95.7 Å². The molecule has 0 bridgehead atoms. The summed E-state index contributed by atoms with van der Waals surface area (Å²) in [6, 6.07) is 2.65. The smallest absolute Gasteiger partial charge is 0.239 e. The normalized spacial score (nSPS) is 46.4. The van der Waals surface area contributed by atoms with Crippen molar-refractivity contribution < 1.29 is 0 Å². The number of hydrogen-bond acceptors (Lipinski definition) is 1. The number of rotatable bonds is 8. The molecular formula is C56H88N2. The molecule has 58 heavy (non-hydrogen) atoms. The van der Waals surface area contributed by atoms with E-state index < -0.39 is 0 Å². The molecule has 0 aromatic rings. The summed E-state index contributed by atoms with van der Waals surface area (Å²) in [5, 5.41) is 10.4. The van der Waals surface area contributed by atoms with Crippen LogP contribution in [-0.4, -0.2) is 6.04 Å². The Morgan fingerprint density at radius 1 is 0.431 bits per heavy atom. The Morgan fingerprint density at radius 2 is 0.759 bits per heavy atom. The predicted molar refractivity (Wildman–Crippen MR) is 243 cm³/mol. The van der Waals surface area contributed by atoms with Crippen LogP contribution in [0.15, 0.2) is 23.3 Å². The van der Waals surface area contributed by atoms with Crippen molar-refractivity contribution in [3.05, 3.63) is 34.7 Å². The van der Waals surface area contributed by atoms with Gasteiger partial charge in [-0.15, -0.1) is 0 Å². The van der Waals surface area contributed by atoms with E-state index in [-0.39, 0.29) is 12.0 Å². The zero-order valence-electron chi connectivity index (χ0n) is 38.2. The van der Waals surface area contributed by atoms with Crippen LogP contribution in [0.4, 0.5) is 0 Å². The van der Waals surface area contributed by atoms with E-state index in [1.54, 1.807) is 0 Å². The SMILES string of the molecule is [C-]#[N+]C1CC2C(C3CCC(C=C(C4CCC(C)CC4)C4CCC(C)CC4)CC3)CCC(C3CCC(C=C(C4CCC(C)CC4)C4CCC(C)CC4)CC3)C2CC1C#N. The molecule has 0 aromatic carbocycles. The number of nitriles is 1. The maximum atomic E-state index is 10.4. The van der Waals surface area contributed by atoms with Crippen molar-refractivity contribution in [1.29, 1.82) is 5.26 Å². The average molecular weight is 789 g/mol. The third-order valence-corrected chi connectivity index (χ3v) is 20.0. The van der Waals surface area contributed by atoms with Crippen molar-refractivity contribution >= 4 is 0 Å². The number of fused-ring (bicyclic) bond motifs is 1. The maximum Gasteiger partial charge on any atom is 0.239 e. The summed E-state index contributed by atoms with van der Waals surface area (Å²) in [6.07, 6.45) is 45.2. The van der Waals surface area contributed by atoms with Gasteiger partial charge in [-0.2, -0.15) is 5.26 Å². The number of allylic oxidation sites excluding steroid dienone is 4. The Bertz CT molecular complexity index is 1270. The molecule has 2 heteroatoms. The minimum absolute atomic E-state index is 0.0388. The highest BCUT2D eigenvalue weighted by molar-refractivity contribution is 5.17. The lowest BCUT2D eigenvalue weighted by Gasteiger charge is -2.53. The molecule has 322 valence electrons. The van der Waals surface area contributed by atoms with Crippen LogP contribution < -0.4 is 0 Å². The fourth-order valence-corrected chi connectivity index (χ4v) is 16.1. The van der Waals surface area contributed by atoms with Gasteiger partial charge in [0.15, 0.2) is 0 Å². The first-order valence-electron chi connectivity index (χ1n) is 26.4. The summed E-state index contributed by atoms with van der Waals surface area (Å²) in [4.78, 5) is 4.19. The Kier molecular flexibility index (Phi) is 14.9. The van der Waals surface area contributed by atoms with Gasteiger partial charge in [-0.25, -0.2) is 6.57 Å². The van der Waals surface area contributed by atoms with Gasteiger partial charge in [0.25, 0.3) is 0 Å². The van der Waals surface area contributed by atoms with Crippen LogP contribution in [0.2, 0.25) is 0 Å². The van der Waals surface area contributed by atoms with Crippen LogP contribution >= 0.6 is 0 Å². The summed E-state index contributed by atoms with van der Waals surface area (Å²) in [5.41, 5.74) is 3.87. The number of nitrogens with zero attached hydrogens (tertiary/aromatic N) is 2. The van der Waals surface area contributed by atoms with E-state index in [1.807, 2.05) is 11.1 Å². The Labute approximate surface area is 358 Å². The zero-order valence-corrected chi connectivity index (χ0v) is 38.2. The van der Waals surface area contributed by atoms with E-state index in [1.165, 1.54) is 167 Å². The van der Waals surface area contributed by atoms with Crippen molar-refractivity contribution in [2.45, 2.75) is 214 Å². The van der Waals surface area contributed by atoms with Gasteiger partial charge in [0.05, 0.1) is 6.07 Å². The van der Waals surface area contributed by atoms with Gasteiger partial charge in [-0.05, 0) is 217 Å². The third kappa shape index (κ3) is 10.2. The molecule has 0 amide bonds. The van der Waals surface area contributed by atoms with Crippen LogP contribution in [0, 0.1) is 119 Å². The first-order valence-corrected chi connectivity index (χ1v) is 26.4. The van der Waals surface area contributed by atoms with E-state index in [2.05, 4.69) is 50.8 Å². The van der Waals surface area contributed by atoms with Crippen LogP contribution in [0.25, 0.3) is 4.85 Å². The molecule has 0 N–H and O–H groups in total. The van der Waals surface area contributed by atoms with Crippen molar-refractivity contribution in [1.82, 2.24) is 0 Å². The summed E-state index contributed by atoms with van der Waals surface area (Å²) >= 11 is 0. The number of hydrogen-bond donors (Lipinski definition) is 0. The molecule has 6 unspecified atom stereocenters. The molecule has 8 aliphatic rings. The molecule has 0 radical (unpaired) electrons. The Hall–Kier alpha value is -1.54. The highest BCUT2D eigenvalue weighted by Crippen LogP contribution is 2.57. The Balaban J connectivity index is 0.920. The van der Waals surface area contributed by atoms with Crippen molar-refractivity contribution in [2.75, 3.05) is 0 Å². The molecule has 6 atom stereocenters. The van der Waals surface area contributed by atoms with Gasteiger partial charge in [0, 0.05) is 6.42 Å². The van der Waals surface area contributed by atoms with E-state index >= 15 is 0 Å². The highest BCUT2D eigenvalue weighted by Gasteiger charge is 2.52. The first kappa shape index (κ1) is 43.1. The predicted octanol–water partition coefficient (Wildman–Crippen LogP) is 16.2. The molecule has 8 rings (SSSR count). The van der Waals surface area contributed by atoms with Crippen LogP contribution in [0.5, 0.6) is 0 Å². The molecule has 8 fully saturated rings. The van der Waals surface area contributed by atoms with E-state index in [0.29, 0.717) is 11.8 Å². The highest BCUT2D eigenvalue weighted by atomic mass is 14.8. The average Bonchev–Trinajstić information content (AvgIpc) is 3.26. The van der Waals surface area contributed by atoms with E-state index in [4.69, 9.17) is 6.57 Å². The van der Waals surface area contributed by atoms with Crippen LogP contribution in [0.3, 0.4) is 0 Å². The van der Waals surface area contributed by atoms with Gasteiger partial charge in [0.1, 0.15) is 5.92 Å². The largest absolute Gasteiger partial charge is 0.312 e. The van der Waals surface area contributed by atoms with Gasteiger partial charge >= 0.3 is 0 Å². The second-order valence-electron chi connectivity index (χ2n) is 23.6. The lowest BCUT2D eigenvalue weighted by molar-refractivity contribution is -0.0301. The van der Waals surface area contributed by atoms with Crippen LogP contribution in [0.1, 0.15) is 207 Å². The van der Waals surface area contributed by atoms with E-state index in [9.17, 15) is 5.26 Å². The minimum atomic E-state index is -0.0596. The zero-order chi connectivity index (χ0) is 40.2. The summed E-state index contributed by atoms with van der Waals surface area (Å²) < 4.78 is 0. The van der Waals surface area contributed by atoms with Gasteiger partial charge in [0.2, 0.25) is 6.04 Å². The molecular weight excluding hydrogens is 701 g/mol. The first-order chi connectivity index (χ1) is 28.3. The monoisotopic (exact) mass is 789 g/mol. The Morgan fingerprint density at radius 3 is 1.07 bits per heavy atom. The second-order valence-corrected chi connectivity index (χ2v) is 23.6. The van der Waals surface area contributed by atoms with Crippen molar-refractivity contribution in [3.63, 3.8) is 0 Å². The molecule has 0 aromatic heterocycles. The summed E-state index contributed by atoms with van der Waals surface area (Å²) in [7, 11) is 0. The molecule has 8 saturated carbocycles. The molecule has 0 spiro atoms. The second kappa shape index (κ2) is 20.1. The molecule has 0 aliphatic heterocycles. The van der Waals surface area contributed by atoms with Crippen LogP contribution in [-0.2, 0) is 0 Å². The fourth-order valence-electron chi connectivity index (χ4n) is 16.1. The van der Waals surface area contributed by atoms with Gasteiger partial charge in [-0.3, -0.25) is 0 Å². The van der Waals surface area contributed by atoms with Crippen molar-refractivity contribution in [2.24, 2.45) is 101 Å². The molecule has 0 saturated heterocycles. The summed E-state index contributed by atoms with van der Waals surface area (Å²) in [6.45, 7) is 18.1. The lowest BCUT2D eigenvalue weighted by Crippen LogP contribution is -2.47. The molecule has 8 aliphatic carbocycles. The third-order valence-electron chi connectivity index (χ3n) is 20.0. The van der Waals surface area contributed by atoms with Crippen molar-refractivity contribution in [3.8, 4) is 6.07 Å². The standard InChI is InChI=1S/C56H88N2/c1-37-6-18-45(19-7-37)52(46-20-8-38(2)9-21-46)32-41-14-26-43(27-15-41)50-30-31-51(55-35-56(58-5)49(36-57)34-54(50)55)44-28-16-42(17-29-44)33-53(47-22-10-39(3)11-23-47)48-24-12-40(4)13-25-48/h32-33,37-51,54-56H,6-31,34-35H2,1-4H3. The van der Waals surface area contributed by atoms with Gasteiger partial charge < -0.3 is 4.85 Å². The maximum absolute atomic E-state index is 10.4. The lowest BCUT2D eigenvalue weighted by atomic mass is 9.51. The van der Waals surface area contributed by atoms with Gasteiger partial charge in [-0.1, -0.05) is 102 Å². The molecule has 2 nitrogen and oxygen atoms in total. The quantitative estimate of drug-likeness (QED) is 0.178. The summed E-state index contributed by atoms with van der Waals surface area (Å²) in [5.74, 6) is 13.5. The fraction of sp³-hybridized carbons (Fsp3) is 0.893. The minimum Gasteiger partial charge on any atom is -0.312 e. The molecule has 0 heterocycles. The topological polar surface area (TPSA) is 28.1 Å².